The first kappa shape index (κ1) is 12.7. The third-order valence-corrected chi connectivity index (χ3v) is 4.00. The largest absolute Gasteiger partial charge is 0.381 e. The maximum Gasteiger partial charge on any atom is 0.0650 e. The van der Waals surface area contributed by atoms with Crippen LogP contribution in [0.5, 0.6) is 0 Å². The molecule has 0 bridgehead atoms. The van der Waals surface area contributed by atoms with Crippen LogP contribution in [0.1, 0.15) is 30.7 Å². The molecule has 2 heterocycles. The van der Waals surface area contributed by atoms with Crippen molar-refractivity contribution in [1.29, 1.82) is 0 Å². The van der Waals surface area contributed by atoms with Gasteiger partial charge < -0.3 is 4.74 Å². The maximum absolute atomic E-state index is 6.36. The molecule has 0 saturated carbocycles. The Morgan fingerprint density at radius 3 is 3.05 bits per heavy atom. The average molecular weight is 277 g/mol. The van der Waals surface area contributed by atoms with E-state index < -0.39 is 0 Å². The highest BCUT2D eigenvalue weighted by molar-refractivity contribution is 6.31. The van der Waals surface area contributed by atoms with E-state index in [1.54, 1.807) is 6.20 Å². The van der Waals surface area contributed by atoms with Gasteiger partial charge >= 0.3 is 0 Å². The number of nitrogens with zero attached hydrogens (tertiary/aromatic N) is 1. The van der Waals surface area contributed by atoms with Crippen molar-refractivity contribution in [3.05, 3.63) is 41.0 Å². The first-order valence-corrected chi connectivity index (χ1v) is 7.09. The molecule has 2 aromatic rings. The lowest BCUT2D eigenvalue weighted by atomic mass is 9.93. The molecule has 1 atom stereocenters. The van der Waals surface area contributed by atoms with Crippen molar-refractivity contribution in [1.82, 2.24) is 10.2 Å². The van der Waals surface area contributed by atoms with Gasteiger partial charge in [0, 0.05) is 23.7 Å². The number of hydrogen-bond donors (Lipinski definition) is 1. The minimum absolute atomic E-state index is 0.401. The van der Waals surface area contributed by atoms with E-state index in [4.69, 9.17) is 16.3 Å². The first-order chi connectivity index (χ1) is 9.34. The molecule has 3 rings (SSSR count). The molecule has 1 aliphatic heterocycles. The monoisotopic (exact) mass is 276 g/mol. The highest BCUT2D eigenvalue weighted by atomic mass is 35.5. The summed E-state index contributed by atoms with van der Waals surface area (Å²) in [6, 6.07) is 8.13. The summed E-state index contributed by atoms with van der Waals surface area (Å²) < 4.78 is 5.67. The second-order valence-electron chi connectivity index (χ2n) is 4.97. The van der Waals surface area contributed by atoms with E-state index in [-0.39, 0.29) is 0 Å². The van der Waals surface area contributed by atoms with Gasteiger partial charge in [-0.25, -0.2) is 0 Å². The molecule has 1 saturated heterocycles. The number of nitrogens with one attached hydrogen (secondary N) is 1. The third kappa shape index (κ3) is 2.82. The summed E-state index contributed by atoms with van der Waals surface area (Å²) in [5.41, 5.74) is 3.34. The van der Waals surface area contributed by atoms with Crippen LogP contribution in [0.25, 0.3) is 11.3 Å². The van der Waals surface area contributed by atoms with Crippen LogP contribution in [0, 0.1) is 0 Å². The fourth-order valence-corrected chi connectivity index (χ4v) is 2.86. The lowest BCUT2D eigenvalue weighted by molar-refractivity contribution is 0.134. The van der Waals surface area contributed by atoms with Crippen molar-refractivity contribution in [3.8, 4) is 11.3 Å². The Morgan fingerprint density at radius 2 is 2.21 bits per heavy atom. The highest BCUT2D eigenvalue weighted by Gasteiger charge is 2.18. The number of halogens is 1. The summed E-state index contributed by atoms with van der Waals surface area (Å²) in [5, 5.41) is 7.82. The van der Waals surface area contributed by atoms with Gasteiger partial charge in [0.1, 0.15) is 0 Å². The molecule has 1 unspecified atom stereocenters. The molecule has 1 N–H and O–H groups in total. The van der Waals surface area contributed by atoms with E-state index in [0.29, 0.717) is 5.92 Å². The Balaban J connectivity index is 1.93. The van der Waals surface area contributed by atoms with Crippen LogP contribution in [0.2, 0.25) is 5.02 Å². The molecule has 4 heteroatoms. The molecule has 3 nitrogen and oxygen atoms in total. The zero-order valence-corrected chi connectivity index (χ0v) is 11.5. The van der Waals surface area contributed by atoms with Crippen molar-refractivity contribution in [3.63, 3.8) is 0 Å². The molecular weight excluding hydrogens is 260 g/mol. The van der Waals surface area contributed by atoms with Gasteiger partial charge in [-0.05, 0) is 42.2 Å². The molecule has 0 amide bonds. The van der Waals surface area contributed by atoms with Crippen molar-refractivity contribution < 1.29 is 4.74 Å². The van der Waals surface area contributed by atoms with E-state index >= 15 is 0 Å². The summed E-state index contributed by atoms with van der Waals surface area (Å²) in [6.45, 7) is 1.64. The number of ether oxygens (including phenoxy) is 1. The molecule has 1 aromatic carbocycles. The Hall–Kier alpha value is -1.32. The molecular formula is C15H17ClN2O. The number of aromatic nitrogens is 2. The normalized spacial score (nSPS) is 20.2. The van der Waals surface area contributed by atoms with Crippen molar-refractivity contribution >= 4 is 11.6 Å². The molecule has 1 aromatic heterocycles. The average Bonchev–Trinajstić information content (AvgIpc) is 2.82. The molecule has 19 heavy (non-hydrogen) atoms. The van der Waals surface area contributed by atoms with Gasteiger partial charge in [0.25, 0.3) is 0 Å². The van der Waals surface area contributed by atoms with Gasteiger partial charge in [0.05, 0.1) is 12.3 Å². The fourth-order valence-electron chi connectivity index (χ4n) is 2.59. The zero-order chi connectivity index (χ0) is 13.1. The fraction of sp³-hybridized carbons (Fsp3) is 0.400. The van der Waals surface area contributed by atoms with Crippen LogP contribution in [0.3, 0.4) is 0 Å². The summed E-state index contributed by atoms with van der Waals surface area (Å²) in [5.74, 6) is 0.401. The predicted octanol–water partition coefficient (Wildman–Crippen LogP) is 4.01. The lowest BCUT2D eigenvalue weighted by Gasteiger charge is -2.16. The molecule has 1 aliphatic rings. The molecule has 0 aliphatic carbocycles. The van der Waals surface area contributed by atoms with Crippen LogP contribution >= 0.6 is 11.6 Å². The van der Waals surface area contributed by atoms with Gasteiger partial charge in [0.2, 0.25) is 0 Å². The van der Waals surface area contributed by atoms with Gasteiger partial charge in [-0.2, -0.15) is 5.10 Å². The molecule has 0 radical (unpaired) electrons. The second-order valence-corrected chi connectivity index (χ2v) is 5.38. The van der Waals surface area contributed by atoms with Crippen LogP contribution in [-0.4, -0.2) is 23.4 Å². The zero-order valence-electron chi connectivity index (χ0n) is 10.7. The van der Waals surface area contributed by atoms with E-state index in [2.05, 4.69) is 16.3 Å². The van der Waals surface area contributed by atoms with Crippen LogP contribution in [0.4, 0.5) is 0 Å². The third-order valence-electron chi connectivity index (χ3n) is 3.66. The van der Waals surface area contributed by atoms with Gasteiger partial charge in [-0.15, -0.1) is 0 Å². The summed E-state index contributed by atoms with van der Waals surface area (Å²) >= 11 is 6.36. The minimum Gasteiger partial charge on any atom is -0.381 e. The number of rotatable bonds is 2. The summed E-state index contributed by atoms with van der Waals surface area (Å²) in [6.07, 6.45) is 5.26. The van der Waals surface area contributed by atoms with Crippen molar-refractivity contribution in [2.45, 2.75) is 25.2 Å². The van der Waals surface area contributed by atoms with Crippen LogP contribution in [-0.2, 0) is 4.74 Å². The minimum atomic E-state index is 0.401. The standard InChI is InChI=1S/C15H17ClN2O/c16-14-5-4-11(15-6-7-17-18-15)9-13(14)12-3-1-2-8-19-10-12/h4-7,9,12H,1-3,8,10H2,(H,17,18). The smallest absolute Gasteiger partial charge is 0.0650 e. The van der Waals surface area contributed by atoms with Gasteiger partial charge in [-0.1, -0.05) is 24.1 Å². The molecule has 1 fully saturated rings. The maximum atomic E-state index is 6.36. The van der Waals surface area contributed by atoms with E-state index in [0.717, 1.165) is 42.3 Å². The van der Waals surface area contributed by atoms with Crippen LogP contribution in [0.15, 0.2) is 30.5 Å². The highest BCUT2D eigenvalue weighted by Crippen LogP contribution is 2.33. The first-order valence-electron chi connectivity index (χ1n) is 6.71. The Bertz CT molecular complexity index is 531. The van der Waals surface area contributed by atoms with E-state index in [1.807, 2.05) is 18.2 Å². The number of H-pyrrole nitrogens is 1. The molecule has 100 valence electrons. The Kier molecular flexibility index (Phi) is 3.85. The van der Waals surface area contributed by atoms with Crippen LogP contribution < -0.4 is 0 Å². The number of benzene rings is 1. The topological polar surface area (TPSA) is 37.9 Å². The van der Waals surface area contributed by atoms with E-state index in [1.165, 1.54) is 12.0 Å². The summed E-state index contributed by atoms with van der Waals surface area (Å²) in [4.78, 5) is 0. The number of aromatic amines is 1. The quantitative estimate of drug-likeness (QED) is 0.900. The predicted molar refractivity (Wildman–Crippen MR) is 76.4 cm³/mol. The van der Waals surface area contributed by atoms with Gasteiger partial charge in [-0.3, -0.25) is 5.10 Å². The van der Waals surface area contributed by atoms with Gasteiger partial charge in [0.15, 0.2) is 0 Å². The summed E-state index contributed by atoms with van der Waals surface area (Å²) in [7, 11) is 0. The number of hydrogen-bond acceptors (Lipinski definition) is 2. The Labute approximate surface area is 117 Å². The second kappa shape index (κ2) is 5.76. The Morgan fingerprint density at radius 1 is 1.26 bits per heavy atom. The lowest BCUT2D eigenvalue weighted by Crippen LogP contribution is -2.06. The van der Waals surface area contributed by atoms with Crippen molar-refractivity contribution in [2.75, 3.05) is 13.2 Å². The SMILES string of the molecule is Clc1ccc(-c2ccn[nH]2)cc1C1CCCCOC1. The van der Waals surface area contributed by atoms with E-state index in [9.17, 15) is 0 Å². The molecule has 0 spiro atoms. The van der Waals surface area contributed by atoms with Crippen molar-refractivity contribution in [2.24, 2.45) is 0 Å².